The summed E-state index contributed by atoms with van der Waals surface area (Å²) in [6.07, 6.45) is 3.32. The fraction of sp³-hybridized carbons (Fsp3) is 0.389. The van der Waals surface area contributed by atoms with Crippen LogP contribution in [-0.2, 0) is 16.1 Å². The van der Waals surface area contributed by atoms with E-state index in [0.717, 1.165) is 6.07 Å². The van der Waals surface area contributed by atoms with Gasteiger partial charge in [0.15, 0.2) is 12.4 Å². The molecule has 1 aromatic carbocycles. The van der Waals surface area contributed by atoms with Crippen molar-refractivity contribution < 1.29 is 23.2 Å². The summed E-state index contributed by atoms with van der Waals surface area (Å²) in [4.78, 5) is 24.4. The molecule has 2 bridgehead atoms. The molecule has 0 atom stereocenters. The molecule has 0 unspecified atom stereocenters. The number of halogens is 2. The third-order valence-corrected chi connectivity index (χ3v) is 5.40. The van der Waals surface area contributed by atoms with Crippen LogP contribution in [0.5, 0.6) is 5.75 Å². The quantitative estimate of drug-likeness (QED) is 0.752. The highest BCUT2D eigenvalue weighted by molar-refractivity contribution is 6.30. The molecule has 9 heteroatoms. The van der Waals surface area contributed by atoms with Gasteiger partial charge in [-0.05, 0) is 31.4 Å². The van der Waals surface area contributed by atoms with E-state index < -0.39 is 11.2 Å². The fourth-order valence-electron chi connectivity index (χ4n) is 3.90. The molecule has 5 rings (SSSR count). The van der Waals surface area contributed by atoms with Gasteiger partial charge in [-0.3, -0.25) is 9.59 Å². The minimum absolute atomic E-state index is 0.00690. The van der Waals surface area contributed by atoms with E-state index in [2.05, 4.69) is 15.8 Å². The van der Waals surface area contributed by atoms with Crippen molar-refractivity contribution in [3.8, 4) is 5.75 Å². The van der Waals surface area contributed by atoms with E-state index >= 15 is 0 Å². The van der Waals surface area contributed by atoms with E-state index in [1.807, 2.05) is 0 Å². The lowest BCUT2D eigenvalue weighted by Crippen LogP contribution is -2.78. The Bertz CT molecular complexity index is 867. The third-order valence-electron chi connectivity index (χ3n) is 5.09. The molecule has 3 fully saturated rings. The van der Waals surface area contributed by atoms with Crippen molar-refractivity contribution in [2.75, 3.05) is 6.61 Å². The highest BCUT2D eigenvalue weighted by Crippen LogP contribution is 2.67. The molecule has 142 valence electrons. The Morgan fingerprint density at radius 2 is 2.07 bits per heavy atom. The van der Waals surface area contributed by atoms with Gasteiger partial charge in [-0.15, -0.1) is 0 Å². The molecule has 1 heterocycles. The largest absolute Gasteiger partial charge is 0.484 e. The van der Waals surface area contributed by atoms with Crippen LogP contribution in [0.4, 0.5) is 4.39 Å². The molecule has 0 saturated heterocycles. The maximum Gasteiger partial charge on any atom is 0.258 e. The number of benzene rings is 1. The molecule has 3 aliphatic carbocycles. The van der Waals surface area contributed by atoms with E-state index in [4.69, 9.17) is 20.9 Å². The maximum absolute atomic E-state index is 13.4. The van der Waals surface area contributed by atoms with Crippen LogP contribution >= 0.6 is 11.6 Å². The average Bonchev–Trinajstić information content (AvgIpc) is 3.09. The van der Waals surface area contributed by atoms with Gasteiger partial charge in [0.05, 0.1) is 23.2 Å². The summed E-state index contributed by atoms with van der Waals surface area (Å²) in [6, 6.07) is 5.68. The summed E-state index contributed by atoms with van der Waals surface area (Å²) in [7, 11) is 0. The minimum atomic E-state index is -0.604. The van der Waals surface area contributed by atoms with E-state index in [1.54, 1.807) is 6.07 Å². The first-order valence-corrected chi connectivity index (χ1v) is 8.84. The van der Waals surface area contributed by atoms with Crippen LogP contribution in [0.1, 0.15) is 25.0 Å². The van der Waals surface area contributed by atoms with Crippen LogP contribution in [0.25, 0.3) is 0 Å². The zero-order valence-corrected chi connectivity index (χ0v) is 15.0. The number of aromatic nitrogens is 1. The fourth-order valence-corrected chi connectivity index (χ4v) is 4.01. The van der Waals surface area contributed by atoms with Gasteiger partial charge < -0.3 is 19.9 Å². The molecule has 0 spiro atoms. The number of ether oxygens (including phenoxy) is 1. The molecule has 1 aromatic heterocycles. The zero-order valence-electron chi connectivity index (χ0n) is 14.3. The highest BCUT2D eigenvalue weighted by Gasteiger charge is 2.72. The van der Waals surface area contributed by atoms with E-state index in [9.17, 15) is 14.0 Å². The van der Waals surface area contributed by atoms with Crippen molar-refractivity contribution in [2.24, 2.45) is 5.41 Å². The van der Waals surface area contributed by atoms with Gasteiger partial charge in [-0.25, -0.2) is 4.39 Å². The average molecular weight is 394 g/mol. The molecule has 3 saturated carbocycles. The van der Waals surface area contributed by atoms with E-state index in [-0.39, 0.29) is 34.7 Å². The molecular weight excluding hydrogens is 377 g/mol. The molecule has 0 radical (unpaired) electrons. The van der Waals surface area contributed by atoms with Gasteiger partial charge in [-0.1, -0.05) is 16.8 Å². The summed E-state index contributed by atoms with van der Waals surface area (Å²) in [5, 5.41) is 9.33. The second-order valence-corrected chi connectivity index (χ2v) is 7.57. The molecule has 27 heavy (non-hydrogen) atoms. The number of nitrogens with zero attached hydrogens (tertiary/aromatic N) is 1. The Morgan fingerprint density at radius 3 is 2.74 bits per heavy atom. The number of carbonyl (C=O) groups excluding carboxylic acids is 2. The molecule has 2 amide bonds. The van der Waals surface area contributed by atoms with Gasteiger partial charge in [0.2, 0.25) is 5.91 Å². The van der Waals surface area contributed by atoms with Crippen LogP contribution in [0, 0.1) is 11.2 Å². The highest BCUT2D eigenvalue weighted by atomic mass is 35.5. The standard InChI is InChI=1S/C18H17ClFN3O4/c19-13-2-1-11(5-14(13)20)26-7-15(24)23-18-8-17(9-18,10-18)16(25)21-6-12-3-4-22-27-12/h1-5H,6-10H2,(H,21,25)(H,23,24). The molecule has 7 nitrogen and oxygen atoms in total. The maximum atomic E-state index is 13.4. The lowest BCUT2D eigenvalue weighted by Gasteiger charge is -2.69. The Morgan fingerprint density at radius 1 is 1.30 bits per heavy atom. The summed E-state index contributed by atoms with van der Waals surface area (Å²) < 4.78 is 23.6. The summed E-state index contributed by atoms with van der Waals surface area (Å²) in [6.45, 7) is 0.0684. The first-order chi connectivity index (χ1) is 12.9. The Labute approximate surface area is 159 Å². The monoisotopic (exact) mass is 393 g/mol. The molecule has 0 aliphatic heterocycles. The number of amides is 2. The lowest BCUT2D eigenvalue weighted by atomic mass is 9.39. The Kier molecular flexibility index (Phi) is 4.30. The van der Waals surface area contributed by atoms with Crippen LogP contribution < -0.4 is 15.4 Å². The van der Waals surface area contributed by atoms with Gasteiger partial charge >= 0.3 is 0 Å². The van der Waals surface area contributed by atoms with Crippen LogP contribution in [-0.4, -0.2) is 29.1 Å². The molecular formula is C18H17ClFN3O4. The second-order valence-electron chi connectivity index (χ2n) is 7.17. The van der Waals surface area contributed by atoms with E-state index in [1.165, 1.54) is 18.3 Å². The third kappa shape index (κ3) is 3.37. The summed E-state index contributed by atoms with van der Waals surface area (Å²) in [5.74, 6) is -0.127. The van der Waals surface area contributed by atoms with Crippen molar-refractivity contribution in [1.29, 1.82) is 0 Å². The van der Waals surface area contributed by atoms with Gasteiger partial charge in [-0.2, -0.15) is 0 Å². The van der Waals surface area contributed by atoms with Crippen LogP contribution in [0.15, 0.2) is 35.0 Å². The second kappa shape index (κ2) is 6.53. The van der Waals surface area contributed by atoms with Crippen LogP contribution in [0.3, 0.4) is 0 Å². The number of hydrogen-bond donors (Lipinski definition) is 2. The predicted octanol–water partition coefficient (Wildman–Crippen LogP) is 2.20. The molecule has 2 aromatic rings. The normalized spacial score (nSPS) is 25.1. The number of nitrogens with one attached hydrogen (secondary N) is 2. The van der Waals surface area contributed by atoms with Gasteiger partial charge in [0.1, 0.15) is 11.6 Å². The van der Waals surface area contributed by atoms with Crippen molar-refractivity contribution in [3.63, 3.8) is 0 Å². The van der Waals surface area contributed by atoms with Crippen molar-refractivity contribution in [2.45, 2.75) is 31.3 Å². The SMILES string of the molecule is O=C(COc1ccc(Cl)c(F)c1)NC12CC(C(=O)NCc3ccno3)(C1)C2. The van der Waals surface area contributed by atoms with E-state index in [0.29, 0.717) is 31.6 Å². The van der Waals surface area contributed by atoms with Gasteiger partial charge in [0.25, 0.3) is 5.91 Å². The lowest BCUT2D eigenvalue weighted by molar-refractivity contribution is -0.184. The first kappa shape index (κ1) is 17.8. The Hall–Kier alpha value is -2.61. The van der Waals surface area contributed by atoms with Gasteiger partial charge in [0, 0.05) is 17.7 Å². The Balaban J connectivity index is 1.21. The predicted molar refractivity (Wildman–Crippen MR) is 92.4 cm³/mol. The zero-order chi connectivity index (χ0) is 19.1. The molecule has 2 N–H and O–H groups in total. The first-order valence-electron chi connectivity index (χ1n) is 8.47. The number of carbonyl (C=O) groups is 2. The number of hydrogen-bond acceptors (Lipinski definition) is 5. The summed E-state index contributed by atoms with van der Waals surface area (Å²) in [5.41, 5.74) is -0.747. The molecule has 3 aliphatic rings. The topological polar surface area (TPSA) is 93.5 Å². The van der Waals surface area contributed by atoms with Crippen molar-refractivity contribution in [3.05, 3.63) is 47.1 Å². The number of rotatable bonds is 7. The smallest absolute Gasteiger partial charge is 0.258 e. The van der Waals surface area contributed by atoms with Crippen molar-refractivity contribution >= 4 is 23.4 Å². The van der Waals surface area contributed by atoms with Crippen LogP contribution in [0.2, 0.25) is 5.02 Å². The summed E-state index contributed by atoms with van der Waals surface area (Å²) >= 11 is 5.60. The minimum Gasteiger partial charge on any atom is -0.484 e. The van der Waals surface area contributed by atoms with Crippen molar-refractivity contribution in [1.82, 2.24) is 15.8 Å².